The standard InChI is InChI=1S/C14H18BrFN2O2/c1-14(2,3)20-13(19)18-7-9(8-18)17-12-10(15)5-4-6-11(12)16/h4-6,9,17H,7-8H2,1-3H3. The number of hydrogen-bond acceptors (Lipinski definition) is 3. The Bertz CT molecular complexity index is 490. The van der Waals surface area contributed by atoms with E-state index in [1.165, 1.54) is 6.07 Å². The summed E-state index contributed by atoms with van der Waals surface area (Å²) in [5, 5.41) is 3.09. The van der Waals surface area contributed by atoms with Crippen molar-refractivity contribution in [1.29, 1.82) is 0 Å². The number of nitrogens with one attached hydrogen (secondary N) is 1. The minimum atomic E-state index is -0.496. The number of carbonyl (C=O) groups excluding carboxylic acids is 1. The Balaban J connectivity index is 1.87. The van der Waals surface area contributed by atoms with Gasteiger partial charge in [-0.3, -0.25) is 0 Å². The van der Waals surface area contributed by atoms with Crippen LogP contribution in [0.15, 0.2) is 22.7 Å². The number of ether oxygens (including phenoxy) is 1. The lowest BCUT2D eigenvalue weighted by Crippen LogP contribution is -2.58. The molecule has 1 fully saturated rings. The topological polar surface area (TPSA) is 41.6 Å². The number of rotatable bonds is 2. The Morgan fingerprint density at radius 2 is 2.10 bits per heavy atom. The molecule has 110 valence electrons. The van der Waals surface area contributed by atoms with Crippen molar-refractivity contribution >= 4 is 27.7 Å². The van der Waals surface area contributed by atoms with E-state index in [1.807, 2.05) is 20.8 Å². The molecule has 0 atom stereocenters. The highest BCUT2D eigenvalue weighted by molar-refractivity contribution is 9.10. The molecule has 1 amide bonds. The molecular formula is C14H18BrFN2O2. The number of benzene rings is 1. The van der Waals surface area contributed by atoms with Gasteiger partial charge in [0.25, 0.3) is 0 Å². The van der Waals surface area contributed by atoms with E-state index in [-0.39, 0.29) is 18.0 Å². The number of halogens is 2. The second kappa shape index (κ2) is 5.60. The van der Waals surface area contributed by atoms with Crippen molar-refractivity contribution in [3.05, 3.63) is 28.5 Å². The van der Waals surface area contributed by atoms with Gasteiger partial charge in [-0.2, -0.15) is 0 Å². The highest BCUT2D eigenvalue weighted by Gasteiger charge is 2.34. The van der Waals surface area contributed by atoms with Crippen molar-refractivity contribution in [3.63, 3.8) is 0 Å². The van der Waals surface area contributed by atoms with Crippen LogP contribution in [0.25, 0.3) is 0 Å². The predicted octanol–water partition coefficient (Wildman–Crippen LogP) is 3.62. The first-order valence-electron chi connectivity index (χ1n) is 6.45. The highest BCUT2D eigenvalue weighted by atomic mass is 79.9. The third kappa shape index (κ3) is 3.62. The van der Waals surface area contributed by atoms with Crippen LogP contribution in [-0.2, 0) is 4.74 Å². The van der Waals surface area contributed by atoms with Gasteiger partial charge in [-0.25, -0.2) is 9.18 Å². The van der Waals surface area contributed by atoms with Crippen LogP contribution in [-0.4, -0.2) is 35.7 Å². The van der Waals surface area contributed by atoms with Crippen LogP contribution in [0, 0.1) is 5.82 Å². The molecular weight excluding hydrogens is 327 g/mol. The van der Waals surface area contributed by atoms with Gasteiger partial charge >= 0.3 is 6.09 Å². The molecule has 1 aromatic carbocycles. The van der Waals surface area contributed by atoms with Gasteiger partial charge in [0.2, 0.25) is 0 Å². The van der Waals surface area contributed by atoms with Gasteiger partial charge < -0.3 is 15.0 Å². The Morgan fingerprint density at radius 3 is 2.65 bits per heavy atom. The van der Waals surface area contributed by atoms with Crippen molar-refractivity contribution in [3.8, 4) is 0 Å². The molecule has 0 spiro atoms. The summed E-state index contributed by atoms with van der Waals surface area (Å²) in [6.45, 7) is 6.51. The van der Waals surface area contributed by atoms with Crippen LogP contribution in [0.3, 0.4) is 0 Å². The van der Waals surface area contributed by atoms with Gasteiger partial charge in [-0.1, -0.05) is 6.07 Å². The van der Waals surface area contributed by atoms with Crippen LogP contribution in [0.4, 0.5) is 14.9 Å². The second-order valence-electron chi connectivity index (χ2n) is 5.82. The van der Waals surface area contributed by atoms with E-state index in [9.17, 15) is 9.18 Å². The van der Waals surface area contributed by atoms with Crippen LogP contribution in [0.2, 0.25) is 0 Å². The minimum Gasteiger partial charge on any atom is -0.444 e. The van der Waals surface area contributed by atoms with E-state index in [0.717, 1.165) is 0 Å². The summed E-state index contributed by atoms with van der Waals surface area (Å²) in [6.07, 6.45) is -0.330. The zero-order chi connectivity index (χ0) is 14.9. The fourth-order valence-corrected chi connectivity index (χ4v) is 2.34. The third-order valence-electron chi connectivity index (χ3n) is 2.84. The van der Waals surface area contributed by atoms with Crippen molar-refractivity contribution in [2.24, 2.45) is 0 Å². The summed E-state index contributed by atoms with van der Waals surface area (Å²) in [5.41, 5.74) is -0.0641. The normalized spacial score (nSPS) is 15.8. The number of likely N-dealkylation sites (tertiary alicyclic amines) is 1. The Kier molecular flexibility index (Phi) is 4.22. The molecule has 0 unspecified atom stereocenters. The third-order valence-corrected chi connectivity index (χ3v) is 3.51. The molecule has 0 radical (unpaired) electrons. The average molecular weight is 345 g/mol. The fraction of sp³-hybridized carbons (Fsp3) is 0.500. The highest BCUT2D eigenvalue weighted by Crippen LogP contribution is 2.27. The molecule has 4 nitrogen and oxygen atoms in total. The molecule has 1 aliphatic heterocycles. The average Bonchev–Trinajstić information content (AvgIpc) is 2.23. The number of amides is 1. The number of para-hydroxylation sites is 1. The van der Waals surface area contributed by atoms with Crippen LogP contribution < -0.4 is 5.32 Å². The Labute approximate surface area is 126 Å². The van der Waals surface area contributed by atoms with Crippen LogP contribution in [0.1, 0.15) is 20.8 Å². The predicted molar refractivity (Wildman–Crippen MR) is 79.3 cm³/mol. The molecule has 0 bridgehead atoms. The SMILES string of the molecule is CC(C)(C)OC(=O)N1CC(Nc2c(F)cccc2Br)C1. The molecule has 20 heavy (non-hydrogen) atoms. The smallest absolute Gasteiger partial charge is 0.410 e. The number of anilines is 1. The second-order valence-corrected chi connectivity index (χ2v) is 6.68. The summed E-state index contributed by atoms with van der Waals surface area (Å²) < 4.78 is 19.6. The minimum absolute atomic E-state index is 0.0377. The van der Waals surface area contributed by atoms with Gasteiger partial charge in [0.05, 0.1) is 11.7 Å². The number of carbonyl (C=O) groups is 1. The van der Waals surface area contributed by atoms with E-state index in [2.05, 4.69) is 21.2 Å². The molecule has 1 saturated heterocycles. The lowest BCUT2D eigenvalue weighted by atomic mass is 10.1. The van der Waals surface area contributed by atoms with Gasteiger partial charge in [-0.15, -0.1) is 0 Å². The number of hydrogen-bond donors (Lipinski definition) is 1. The van der Waals surface area contributed by atoms with Crippen LogP contribution >= 0.6 is 15.9 Å². The van der Waals surface area contributed by atoms with Crippen molar-refractivity contribution < 1.29 is 13.9 Å². The summed E-state index contributed by atoms with van der Waals surface area (Å²) >= 11 is 3.30. The Hall–Kier alpha value is -1.30. The summed E-state index contributed by atoms with van der Waals surface area (Å²) in [4.78, 5) is 13.4. The van der Waals surface area contributed by atoms with E-state index in [4.69, 9.17) is 4.74 Å². The van der Waals surface area contributed by atoms with Crippen LogP contribution in [0.5, 0.6) is 0 Å². The van der Waals surface area contributed by atoms with Gasteiger partial charge in [-0.05, 0) is 48.8 Å². The van der Waals surface area contributed by atoms with E-state index in [1.54, 1.807) is 17.0 Å². The Morgan fingerprint density at radius 1 is 1.45 bits per heavy atom. The molecule has 1 N–H and O–H groups in total. The van der Waals surface area contributed by atoms with Crippen molar-refractivity contribution in [2.75, 3.05) is 18.4 Å². The summed E-state index contributed by atoms with van der Waals surface area (Å²) in [7, 11) is 0. The zero-order valence-electron chi connectivity index (χ0n) is 11.7. The largest absolute Gasteiger partial charge is 0.444 e. The monoisotopic (exact) mass is 344 g/mol. The summed E-state index contributed by atoms with van der Waals surface area (Å²) in [5.74, 6) is -0.310. The lowest BCUT2D eigenvalue weighted by molar-refractivity contribution is 0.0105. The van der Waals surface area contributed by atoms with Gasteiger partial charge in [0.15, 0.2) is 0 Å². The first-order chi connectivity index (χ1) is 9.26. The quantitative estimate of drug-likeness (QED) is 0.890. The molecule has 1 aliphatic rings. The molecule has 0 aliphatic carbocycles. The maximum Gasteiger partial charge on any atom is 0.410 e. The first-order valence-corrected chi connectivity index (χ1v) is 7.24. The first kappa shape index (κ1) is 15.1. The van der Waals surface area contributed by atoms with Gasteiger partial charge in [0.1, 0.15) is 11.4 Å². The zero-order valence-corrected chi connectivity index (χ0v) is 13.3. The van der Waals surface area contributed by atoms with Crippen molar-refractivity contribution in [1.82, 2.24) is 4.90 Å². The summed E-state index contributed by atoms with van der Waals surface area (Å²) in [6, 6.07) is 4.85. The molecule has 1 aromatic rings. The molecule has 1 heterocycles. The molecule has 0 saturated carbocycles. The lowest BCUT2D eigenvalue weighted by Gasteiger charge is -2.40. The van der Waals surface area contributed by atoms with E-state index < -0.39 is 5.60 Å². The number of nitrogens with zero attached hydrogens (tertiary/aromatic N) is 1. The van der Waals surface area contributed by atoms with E-state index >= 15 is 0 Å². The van der Waals surface area contributed by atoms with Gasteiger partial charge in [0, 0.05) is 17.6 Å². The maximum atomic E-state index is 13.7. The van der Waals surface area contributed by atoms with Crippen molar-refractivity contribution in [2.45, 2.75) is 32.4 Å². The molecule has 0 aromatic heterocycles. The maximum absolute atomic E-state index is 13.7. The molecule has 2 rings (SSSR count). The fourth-order valence-electron chi connectivity index (χ4n) is 1.89. The molecule has 6 heteroatoms. The van der Waals surface area contributed by atoms with E-state index in [0.29, 0.717) is 23.2 Å².